The Labute approximate surface area is 144 Å². The first-order valence-corrected chi connectivity index (χ1v) is 10.9. The molecule has 0 saturated heterocycles. The van der Waals surface area contributed by atoms with E-state index < -0.39 is 38.0 Å². The Bertz CT molecular complexity index is 606. The van der Waals surface area contributed by atoms with Gasteiger partial charge in [0.25, 0.3) is 20.2 Å². The molecule has 0 aliphatic rings. The second kappa shape index (κ2) is 8.97. The zero-order chi connectivity index (χ0) is 19.2. The van der Waals surface area contributed by atoms with Crippen LogP contribution < -0.4 is 5.32 Å². The van der Waals surface area contributed by atoms with Crippen molar-refractivity contribution in [3.05, 3.63) is 0 Å². The highest BCUT2D eigenvalue weighted by Gasteiger charge is 2.23. The second-order valence-electron chi connectivity index (χ2n) is 6.66. The summed E-state index contributed by atoms with van der Waals surface area (Å²) in [6.07, 6.45) is 1.35. The van der Waals surface area contributed by atoms with E-state index in [9.17, 15) is 21.6 Å². The van der Waals surface area contributed by atoms with Gasteiger partial charge in [-0.15, -0.1) is 0 Å². The molecule has 0 aliphatic heterocycles. The second-order valence-corrected chi connectivity index (χ2v) is 9.95. The molecule has 2 atom stereocenters. The molecule has 0 unspecified atom stereocenters. The maximum atomic E-state index is 11.8. The molecule has 0 aromatic heterocycles. The fourth-order valence-electron chi connectivity index (χ4n) is 1.64. The summed E-state index contributed by atoms with van der Waals surface area (Å²) in [5.74, 6) is -0.275. The lowest BCUT2D eigenvalue weighted by Gasteiger charge is -2.25. The summed E-state index contributed by atoms with van der Waals surface area (Å²) in [5.41, 5.74) is -0.711. The van der Waals surface area contributed by atoms with Gasteiger partial charge < -0.3 is 10.1 Å². The molecule has 1 amide bonds. The maximum absolute atomic E-state index is 11.8. The van der Waals surface area contributed by atoms with Gasteiger partial charge >= 0.3 is 6.09 Å². The highest BCUT2D eigenvalue weighted by Crippen LogP contribution is 2.12. The van der Waals surface area contributed by atoms with Crippen LogP contribution in [0.25, 0.3) is 0 Å². The number of carbonyl (C=O) groups is 1. The highest BCUT2D eigenvalue weighted by molar-refractivity contribution is 7.86. The average molecular weight is 389 g/mol. The molecule has 11 heteroatoms. The van der Waals surface area contributed by atoms with E-state index in [0.717, 1.165) is 12.5 Å². The molecule has 0 rings (SSSR count). The summed E-state index contributed by atoms with van der Waals surface area (Å²) in [6, 6.07) is -0.687. The van der Waals surface area contributed by atoms with Gasteiger partial charge in [0.15, 0.2) is 0 Å². The van der Waals surface area contributed by atoms with Crippen LogP contribution in [0.3, 0.4) is 0 Å². The number of alkyl carbamates (subject to hydrolysis) is 1. The zero-order valence-corrected chi connectivity index (χ0v) is 16.5. The number of hydrogen-bond donors (Lipinski definition) is 1. The molecule has 9 nitrogen and oxygen atoms in total. The molecule has 24 heavy (non-hydrogen) atoms. The van der Waals surface area contributed by atoms with Crippen molar-refractivity contribution in [1.29, 1.82) is 0 Å². The predicted molar refractivity (Wildman–Crippen MR) is 88.5 cm³/mol. The van der Waals surface area contributed by atoms with Crippen molar-refractivity contribution in [3.8, 4) is 0 Å². The number of ether oxygens (including phenoxy) is 1. The summed E-state index contributed by atoms with van der Waals surface area (Å²) < 4.78 is 58.8. The first kappa shape index (κ1) is 23.1. The summed E-state index contributed by atoms with van der Waals surface area (Å²) in [4.78, 5) is 11.8. The van der Waals surface area contributed by atoms with Crippen LogP contribution in [0.15, 0.2) is 0 Å². The van der Waals surface area contributed by atoms with Crippen molar-refractivity contribution in [2.75, 3.05) is 25.7 Å². The minimum Gasteiger partial charge on any atom is -0.444 e. The Morgan fingerprint density at radius 2 is 1.46 bits per heavy atom. The third-order valence-electron chi connectivity index (χ3n) is 2.46. The van der Waals surface area contributed by atoms with E-state index in [1.807, 2.05) is 0 Å². The van der Waals surface area contributed by atoms with Gasteiger partial charge in [0.1, 0.15) is 5.60 Å². The molecule has 0 spiro atoms. The Balaban J connectivity index is 4.76. The third-order valence-corrected chi connectivity index (χ3v) is 3.59. The molecular formula is C13H27NO8S2. The minimum absolute atomic E-state index is 0.0930. The van der Waals surface area contributed by atoms with Crippen molar-refractivity contribution < 1.29 is 34.7 Å². The number of carbonyl (C=O) groups excluding carboxylic acids is 1. The van der Waals surface area contributed by atoms with Gasteiger partial charge in [-0.25, -0.2) is 4.79 Å². The maximum Gasteiger partial charge on any atom is 0.407 e. The molecule has 144 valence electrons. The van der Waals surface area contributed by atoms with Crippen LogP contribution >= 0.6 is 0 Å². The first-order chi connectivity index (χ1) is 10.6. The SMILES string of the molecule is C[C@H](COS(C)(=O)=O)C[C@H](COS(C)(=O)=O)NC(=O)OC(C)(C)C. The van der Waals surface area contributed by atoms with Crippen molar-refractivity contribution in [3.63, 3.8) is 0 Å². The van der Waals surface area contributed by atoms with Gasteiger partial charge in [-0.1, -0.05) is 6.92 Å². The lowest BCUT2D eigenvalue weighted by atomic mass is 10.0. The van der Waals surface area contributed by atoms with Gasteiger partial charge in [0, 0.05) is 0 Å². The molecule has 0 aromatic rings. The standard InChI is InChI=1S/C13H27NO8S2/c1-10(8-20-23(5,16)17)7-11(9-21-24(6,18)19)14-12(15)22-13(2,3)4/h10-11H,7-9H2,1-6H3,(H,14,15)/t10-,11+/m0/s1. The monoisotopic (exact) mass is 389 g/mol. The molecule has 0 fully saturated rings. The van der Waals surface area contributed by atoms with Crippen LogP contribution in [0, 0.1) is 5.92 Å². The number of hydrogen-bond acceptors (Lipinski definition) is 8. The Kier molecular flexibility index (Phi) is 8.63. The van der Waals surface area contributed by atoms with Crippen molar-refractivity contribution in [1.82, 2.24) is 5.32 Å². The van der Waals surface area contributed by atoms with Crippen molar-refractivity contribution >= 4 is 26.3 Å². The van der Waals surface area contributed by atoms with E-state index >= 15 is 0 Å². The normalized spacial score (nSPS) is 15.6. The van der Waals surface area contributed by atoms with Crippen LogP contribution in [0.1, 0.15) is 34.1 Å². The average Bonchev–Trinajstić information content (AvgIpc) is 2.29. The quantitative estimate of drug-likeness (QED) is 0.576. The number of rotatable bonds is 9. The summed E-state index contributed by atoms with van der Waals surface area (Å²) in [6.45, 7) is 6.40. The topological polar surface area (TPSA) is 125 Å². The summed E-state index contributed by atoms with van der Waals surface area (Å²) in [7, 11) is -7.26. The fraction of sp³-hybridized carbons (Fsp3) is 0.923. The summed E-state index contributed by atoms with van der Waals surface area (Å²) >= 11 is 0. The largest absolute Gasteiger partial charge is 0.444 e. The molecule has 0 aliphatic carbocycles. The Morgan fingerprint density at radius 1 is 1.00 bits per heavy atom. The molecule has 0 aromatic carbocycles. The van der Waals surface area contributed by atoms with Gasteiger partial charge in [-0.2, -0.15) is 16.8 Å². The molecular weight excluding hydrogens is 362 g/mol. The summed E-state index contributed by atoms with van der Waals surface area (Å²) in [5, 5.41) is 2.52. The highest BCUT2D eigenvalue weighted by atomic mass is 32.2. The van der Waals surface area contributed by atoms with E-state index in [0.29, 0.717) is 0 Å². The minimum atomic E-state index is -3.68. The smallest absolute Gasteiger partial charge is 0.407 e. The Hall–Kier alpha value is -0.910. The van der Waals surface area contributed by atoms with Crippen molar-refractivity contribution in [2.24, 2.45) is 5.92 Å². The van der Waals surface area contributed by atoms with Crippen LogP contribution in [0.5, 0.6) is 0 Å². The van der Waals surface area contributed by atoms with E-state index in [1.165, 1.54) is 0 Å². The van der Waals surface area contributed by atoms with E-state index in [4.69, 9.17) is 13.1 Å². The fourth-order valence-corrected chi connectivity index (χ4v) is 2.53. The molecule has 1 N–H and O–H groups in total. The van der Waals surface area contributed by atoms with Gasteiger partial charge in [-0.3, -0.25) is 8.37 Å². The van der Waals surface area contributed by atoms with Crippen LogP contribution in [-0.4, -0.2) is 60.3 Å². The predicted octanol–water partition coefficient (Wildman–Crippen LogP) is 0.858. The van der Waals surface area contributed by atoms with E-state index in [2.05, 4.69) is 5.32 Å². The molecule has 0 heterocycles. The number of nitrogens with one attached hydrogen (secondary N) is 1. The Morgan fingerprint density at radius 3 is 1.88 bits per heavy atom. The van der Waals surface area contributed by atoms with Gasteiger partial charge in [-0.05, 0) is 33.1 Å². The van der Waals surface area contributed by atoms with Crippen molar-refractivity contribution in [2.45, 2.75) is 45.8 Å². The van der Waals surface area contributed by atoms with E-state index in [1.54, 1.807) is 27.7 Å². The van der Waals surface area contributed by atoms with Crippen LogP contribution in [0.2, 0.25) is 0 Å². The van der Waals surface area contributed by atoms with Crippen LogP contribution in [-0.2, 0) is 33.3 Å². The number of amides is 1. The third kappa shape index (κ3) is 14.7. The van der Waals surface area contributed by atoms with Gasteiger partial charge in [0.05, 0.1) is 31.8 Å². The first-order valence-electron chi connectivity index (χ1n) is 7.26. The van der Waals surface area contributed by atoms with Crippen LogP contribution in [0.4, 0.5) is 4.79 Å². The lowest BCUT2D eigenvalue weighted by Crippen LogP contribution is -2.43. The molecule has 0 bridgehead atoms. The van der Waals surface area contributed by atoms with Gasteiger partial charge in [0.2, 0.25) is 0 Å². The van der Waals surface area contributed by atoms with E-state index in [-0.39, 0.29) is 25.6 Å². The lowest BCUT2D eigenvalue weighted by molar-refractivity contribution is 0.0476. The molecule has 0 saturated carbocycles. The zero-order valence-electron chi connectivity index (χ0n) is 14.9. The molecule has 0 radical (unpaired) electrons.